The lowest BCUT2D eigenvalue weighted by Crippen LogP contribution is -2.41. The van der Waals surface area contributed by atoms with Crippen molar-refractivity contribution in [1.29, 1.82) is 0 Å². The topological polar surface area (TPSA) is 46.2 Å². The minimum atomic E-state index is -2.94. The molecule has 0 spiro atoms. The molecule has 0 rings (SSSR count). The molecule has 0 bridgehead atoms. The van der Waals surface area contributed by atoms with Gasteiger partial charge in [0.25, 0.3) is 0 Å². The van der Waals surface area contributed by atoms with Gasteiger partial charge in [-0.3, -0.25) is 5.32 Å². The van der Waals surface area contributed by atoms with Crippen molar-refractivity contribution in [2.75, 3.05) is 5.88 Å². The third-order valence-electron chi connectivity index (χ3n) is 1.52. The van der Waals surface area contributed by atoms with Crippen molar-refractivity contribution in [3.05, 3.63) is 0 Å². The van der Waals surface area contributed by atoms with E-state index in [1.165, 1.54) is 0 Å². The molecule has 0 heterocycles. The first-order chi connectivity index (χ1) is 5.15. The van der Waals surface area contributed by atoms with Gasteiger partial charge in [-0.25, -0.2) is 8.42 Å². The Balaban J connectivity index is 4.12. The smallest absolute Gasteiger partial charge is 0.165 e. The molecule has 0 aliphatic carbocycles. The van der Waals surface area contributed by atoms with E-state index in [9.17, 15) is 8.42 Å². The Morgan fingerprint density at radius 1 is 1.25 bits per heavy atom. The van der Waals surface area contributed by atoms with E-state index in [4.69, 9.17) is 0 Å². The Hall–Kier alpha value is -0.0900. The minimum absolute atomic E-state index is 0.0637. The van der Waals surface area contributed by atoms with Crippen molar-refractivity contribution >= 4 is 9.84 Å². The van der Waals surface area contributed by atoms with E-state index in [-0.39, 0.29) is 16.7 Å². The Labute approximate surface area is 75.5 Å². The lowest BCUT2D eigenvalue weighted by Gasteiger charge is -2.21. The molecule has 0 radical (unpaired) electrons. The molecule has 4 heteroatoms. The molecule has 0 aliphatic rings. The summed E-state index contributed by atoms with van der Waals surface area (Å²) in [4.78, 5) is 0. The predicted octanol–water partition coefficient (Wildman–Crippen LogP) is 1.16. The van der Waals surface area contributed by atoms with Crippen LogP contribution in [0.4, 0.5) is 0 Å². The van der Waals surface area contributed by atoms with Crippen LogP contribution in [0.5, 0.6) is 0 Å². The van der Waals surface area contributed by atoms with E-state index >= 15 is 0 Å². The largest absolute Gasteiger partial charge is 0.299 e. The van der Waals surface area contributed by atoms with E-state index in [1.807, 2.05) is 20.8 Å². The van der Waals surface area contributed by atoms with Gasteiger partial charge in [0.1, 0.15) is 0 Å². The van der Waals surface area contributed by atoms with Gasteiger partial charge in [0.15, 0.2) is 9.84 Å². The summed E-state index contributed by atoms with van der Waals surface area (Å²) in [7, 11) is -2.94. The first-order valence-electron chi connectivity index (χ1n) is 4.12. The lowest BCUT2D eigenvalue weighted by atomic mass is 10.1. The molecule has 0 saturated heterocycles. The average Bonchev–Trinajstić information content (AvgIpc) is 1.82. The molecule has 0 unspecified atom stereocenters. The second-order valence-electron chi connectivity index (χ2n) is 4.28. The highest BCUT2D eigenvalue weighted by Crippen LogP contribution is 2.03. The van der Waals surface area contributed by atoms with Crippen LogP contribution >= 0.6 is 0 Å². The van der Waals surface area contributed by atoms with Gasteiger partial charge in [-0.2, -0.15) is 0 Å². The van der Waals surface area contributed by atoms with Crippen LogP contribution < -0.4 is 5.32 Å². The van der Waals surface area contributed by atoms with Gasteiger partial charge in [-0.15, -0.1) is 0 Å². The highest BCUT2D eigenvalue weighted by Gasteiger charge is 2.18. The first-order valence-corrected chi connectivity index (χ1v) is 5.83. The standard InChI is InChI=1S/C8H19NO2S/c1-7(2)12(10,11)6-9-8(3,4)5/h7,9H,6H2,1-5H3. The Morgan fingerprint density at radius 3 is 1.92 bits per heavy atom. The molecular weight excluding hydrogens is 174 g/mol. The predicted molar refractivity (Wildman–Crippen MR) is 51.8 cm³/mol. The Kier molecular flexibility index (Phi) is 3.72. The van der Waals surface area contributed by atoms with Crippen molar-refractivity contribution < 1.29 is 8.42 Å². The van der Waals surface area contributed by atoms with Gasteiger partial charge < -0.3 is 0 Å². The van der Waals surface area contributed by atoms with Gasteiger partial charge in [-0.05, 0) is 34.6 Å². The number of rotatable bonds is 3. The molecule has 0 saturated carbocycles. The second-order valence-corrected chi connectivity index (χ2v) is 6.84. The zero-order valence-corrected chi connectivity index (χ0v) is 9.33. The van der Waals surface area contributed by atoms with E-state index in [0.717, 1.165) is 0 Å². The van der Waals surface area contributed by atoms with Gasteiger partial charge in [-0.1, -0.05) is 0 Å². The van der Waals surface area contributed by atoms with Gasteiger partial charge >= 0.3 is 0 Å². The fraction of sp³-hybridized carbons (Fsp3) is 1.00. The van der Waals surface area contributed by atoms with Crippen LogP contribution in [0.3, 0.4) is 0 Å². The van der Waals surface area contributed by atoms with Crippen LogP contribution in [-0.2, 0) is 9.84 Å². The lowest BCUT2D eigenvalue weighted by molar-refractivity contribution is 0.451. The molecule has 3 nitrogen and oxygen atoms in total. The van der Waals surface area contributed by atoms with E-state index in [1.54, 1.807) is 13.8 Å². The van der Waals surface area contributed by atoms with Crippen LogP contribution in [0.1, 0.15) is 34.6 Å². The Morgan fingerprint density at radius 2 is 1.67 bits per heavy atom. The fourth-order valence-electron chi connectivity index (χ4n) is 0.484. The quantitative estimate of drug-likeness (QED) is 0.731. The van der Waals surface area contributed by atoms with E-state index in [2.05, 4.69) is 5.32 Å². The second kappa shape index (κ2) is 3.75. The minimum Gasteiger partial charge on any atom is -0.299 e. The van der Waals surface area contributed by atoms with Crippen LogP contribution in [-0.4, -0.2) is 25.1 Å². The van der Waals surface area contributed by atoms with Gasteiger partial charge in [0.2, 0.25) is 0 Å². The molecule has 74 valence electrons. The number of hydrogen-bond donors (Lipinski definition) is 1. The molecule has 12 heavy (non-hydrogen) atoms. The maximum absolute atomic E-state index is 11.3. The van der Waals surface area contributed by atoms with E-state index < -0.39 is 9.84 Å². The molecule has 0 aliphatic heterocycles. The molecule has 0 amide bonds. The van der Waals surface area contributed by atoms with Gasteiger partial charge in [0, 0.05) is 5.54 Å². The van der Waals surface area contributed by atoms with Crippen molar-refractivity contribution in [2.24, 2.45) is 0 Å². The summed E-state index contributed by atoms with van der Waals surface area (Å²) in [5.74, 6) is 0.0637. The fourth-order valence-corrected chi connectivity index (χ4v) is 1.45. The number of sulfone groups is 1. The average molecular weight is 193 g/mol. The summed E-state index contributed by atoms with van der Waals surface area (Å²) in [6.07, 6.45) is 0. The maximum Gasteiger partial charge on any atom is 0.165 e. The van der Waals surface area contributed by atoms with Crippen LogP contribution in [0, 0.1) is 0 Å². The highest BCUT2D eigenvalue weighted by atomic mass is 32.2. The molecular formula is C8H19NO2S. The van der Waals surface area contributed by atoms with Crippen LogP contribution in [0.2, 0.25) is 0 Å². The number of hydrogen-bond acceptors (Lipinski definition) is 3. The summed E-state index contributed by atoms with van der Waals surface area (Å²) in [6.45, 7) is 9.23. The normalized spacial score (nSPS) is 13.8. The monoisotopic (exact) mass is 193 g/mol. The van der Waals surface area contributed by atoms with Crippen molar-refractivity contribution in [3.63, 3.8) is 0 Å². The Bertz CT molecular complexity index is 224. The van der Waals surface area contributed by atoms with Crippen molar-refractivity contribution in [1.82, 2.24) is 5.32 Å². The number of nitrogens with one attached hydrogen (secondary N) is 1. The third kappa shape index (κ3) is 4.72. The molecule has 0 aromatic heterocycles. The zero-order valence-electron chi connectivity index (χ0n) is 8.51. The van der Waals surface area contributed by atoms with Crippen molar-refractivity contribution in [2.45, 2.75) is 45.4 Å². The summed E-state index contributed by atoms with van der Waals surface area (Å²) in [5, 5.41) is 2.66. The molecule has 1 N–H and O–H groups in total. The van der Waals surface area contributed by atoms with Crippen molar-refractivity contribution in [3.8, 4) is 0 Å². The summed E-state index contributed by atoms with van der Waals surface area (Å²) < 4.78 is 22.6. The summed E-state index contributed by atoms with van der Waals surface area (Å²) in [5.41, 5.74) is -0.137. The molecule has 0 aromatic carbocycles. The third-order valence-corrected chi connectivity index (χ3v) is 3.51. The maximum atomic E-state index is 11.3. The molecule has 0 aromatic rings. The SMILES string of the molecule is CC(C)S(=O)(=O)CNC(C)(C)C. The molecule has 0 atom stereocenters. The zero-order chi connectivity index (χ0) is 9.99. The van der Waals surface area contributed by atoms with Crippen LogP contribution in [0.25, 0.3) is 0 Å². The summed E-state index contributed by atoms with van der Waals surface area (Å²) in [6, 6.07) is 0. The van der Waals surface area contributed by atoms with E-state index in [0.29, 0.717) is 0 Å². The summed E-state index contributed by atoms with van der Waals surface area (Å²) >= 11 is 0. The van der Waals surface area contributed by atoms with Gasteiger partial charge in [0.05, 0.1) is 11.1 Å². The molecule has 0 fully saturated rings. The first kappa shape index (κ1) is 11.9. The van der Waals surface area contributed by atoms with Crippen LogP contribution in [0.15, 0.2) is 0 Å². The highest BCUT2D eigenvalue weighted by molar-refractivity contribution is 7.91.